The van der Waals surface area contributed by atoms with E-state index in [1.165, 1.54) is 19.3 Å². The Labute approximate surface area is 334 Å². The molecule has 1 N–H and O–H groups in total. The average Bonchev–Trinajstić information content (AvgIpc) is 3.12. The highest BCUT2D eigenvalue weighted by Gasteiger charge is 2.27. The fourth-order valence-electron chi connectivity index (χ4n) is 5.18. The molecule has 0 aromatic heterocycles. The lowest BCUT2D eigenvalue weighted by Gasteiger charge is -2.24. The van der Waals surface area contributed by atoms with Crippen LogP contribution in [-0.4, -0.2) is 80.7 Å². The van der Waals surface area contributed by atoms with Crippen LogP contribution in [-0.2, 0) is 37.5 Å². The van der Waals surface area contributed by atoms with Crippen LogP contribution in [0.15, 0.2) is 60.8 Å². The second-order valence-corrected chi connectivity index (χ2v) is 16.5. The normalized spacial score (nSPS) is 14.1. The predicted octanol–water partition coefficient (Wildman–Crippen LogP) is 10.9. The molecule has 0 aliphatic heterocycles. The second-order valence-electron chi connectivity index (χ2n) is 15.0. The van der Waals surface area contributed by atoms with Gasteiger partial charge in [-0.05, 0) is 70.3 Å². The molecule has 1 unspecified atom stereocenters. The lowest BCUT2D eigenvalue weighted by atomic mass is 10.1. The molecule has 55 heavy (non-hydrogen) atoms. The minimum absolute atomic E-state index is 0.00381. The van der Waals surface area contributed by atoms with E-state index in [2.05, 4.69) is 56.4 Å². The van der Waals surface area contributed by atoms with Crippen molar-refractivity contribution in [2.24, 2.45) is 0 Å². The molecule has 0 heterocycles. The van der Waals surface area contributed by atoms with Gasteiger partial charge in [0.1, 0.15) is 19.8 Å². The summed E-state index contributed by atoms with van der Waals surface area (Å²) in [6.07, 6.45) is 38.0. The molecule has 0 aliphatic rings. The number of unbranched alkanes of at least 4 members (excludes halogenated alkanes) is 12. The molecule has 0 aliphatic carbocycles. The highest BCUT2D eigenvalue weighted by atomic mass is 31.2. The maximum Gasteiger partial charge on any atom is 0.472 e. The molecular weight excluding hydrogens is 717 g/mol. The van der Waals surface area contributed by atoms with Gasteiger partial charge in [-0.2, -0.15) is 0 Å². The van der Waals surface area contributed by atoms with Gasteiger partial charge in [0.05, 0.1) is 27.7 Å². The first kappa shape index (κ1) is 52.4. The number of ketones is 1. The zero-order chi connectivity index (χ0) is 40.9. The van der Waals surface area contributed by atoms with E-state index in [1.807, 2.05) is 33.3 Å². The largest absolute Gasteiger partial charge is 0.472 e. The Hall–Kier alpha value is -2.62. The number of rotatable bonds is 37. The highest BCUT2D eigenvalue weighted by molar-refractivity contribution is 7.47. The van der Waals surface area contributed by atoms with Crippen LogP contribution in [0, 0.1) is 0 Å². The molecule has 2 atom stereocenters. The summed E-state index contributed by atoms with van der Waals surface area (Å²) in [5.41, 5.74) is 0. The van der Waals surface area contributed by atoms with Gasteiger partial charge in [-0.25, -0.2) is 4.57 Å². The Kier molecular flexibility index (Phi) is 34.1. The minimum Gasteiger partial charge on any atom is -0.462 e. The van der Waals surface area contributed by atoms with E-state index in [9.17, 15) is 23.8 Å². The fraction of sp³-hybridized carbons (Fsp3) is 0.705. The Balaban J connectivity index is 4.52. The van der Waals surface area contributed by atoms with E-state index in [1.54, 1.807) is 6.08 Å². The minimum atomic E-state index is -4.41. The number of ether oxygens (including phenoxy) is 2. The lowest BCUT2D eigenvalue weighted by molar-refractivity contribution is -0.870. The molecule has 0 saturated heterocycles. The number of allylic oxidation sites excluding steroid dienone is 10. The zero-order valence-corrected chi connectivity index (χ0v) is 36.0. The van der Waals surface area contributed by atoms with Crippen LogP contribution in [0.4, 0.5) is 0 Å². The van der Waals surface area contributed by atoms with E-state index in [-0.39, 0.29) is 31.8 Å². The van der Waals surface area contributed by atoms with Crippen molar-refractivity contribution in [1.82, 2.24) is 0 Å². The van der Waals surface area contributed by atoms with Crippen molar-refractivity contribution in [3.8, 4) is 0 Å². The molecule has 0 amide bonds. The van der Waals surface area contributed by atoms with Gasteiger partial charge in [0, 0.05) is 19.3 Å². The Morgan fingerprint density at radius 3 is 1.85 bits per heavy atom. The van der Waals surface area contributed by atoms with Gasteiger partial charge in [-0.3, -0.25) is 23.4 Å². The van der Waals surface area contributed by atoms with Gasteiger partial charge in [0.15, 0.2) is 11.9 Å². The van der Waals surface area contributed by atoms with Crippen LogP contribution in [0.2, 0.25) is 0 Å². The van der Waals surface area contributed by atoms with Gasteiger partial charge >= 0.3 is 19.8 Å². The summed E-state index contributed by atoms with van der Waals surface area (Å²) >= 11 is 0. The molecule has 316 valence electrons. The number of hydrogen-bond donors (Lipinski definition) is 1. The third-order valence-corrected chi connectivity index (χ3v) is 9.49. The molecule has 10 nitrogen and oxygen atoms in total. The van der Waals surface area contributed by atoms with Crippen LogP contribution in [0.3, 0.4) is 0 Å². The summed E-state index contributed by atoms with van der Waals surface area (Å²) in [6, 6.07) is 0. The molecule has 0 spiro atoms. The van der Waals surface area contributed by atoms with Gasteiger partial charge in [-0.15, -0.1) is 0 Å². The second kappa shape index (κ2) is 35.8. The van der Waals surface area contributed by atoms with E-state index >= 15 is 0 Å². The van der Waals surface area contributed by atoms with E-state index in [4.69, 9.17) is 18.5 Å². The molecule has 0 fully saturated rings. The van der Waals surface area contributed by atoms with Gasteiger partial charge in [0.25, 0.3) is 0 Å². The maximum atomic E-state index is 12.7. The van der Waals surface area contributed by atoms with Crippen LogP contribution in [0.5, 0.6) is 0 Å². The number of nitrogens with zero attached hydrogens (tertiary/aromatic N) is 1. The topological polar surface area (TPSA) is 125 Å². The monoisotopic (exact) mass is 795 g/mol. The molecule has 0 aromatic carbocycles. The Bertz CT molecular complexity index is 1190. The number of phosphoric ester groups is 1. The van der Waals surface area contributed by atoms with Crippen LogP contribution >= 0.6 is 7.82 Å². The van der Waals surface area contributed by atoms with Crippen molar-refractivity contribution in [1.29, 1.82) is 0 Å². The third-order valence-electron chi connectivity index (χ3n) is 8.51. The first-order valence-electron chi connectivity index (χ1n) is 21.0. The van der Waals surface area contributed by atoms with Crippen LogP contribution < -0.4 is 0 Å². The van der Waals surface area contributed by atoms with E-state index in [0.29, 0.717) is 30.3 Å². The van der Waals surface area contributed by atoms with Crippen molar-refractivity contribution < 1.29 is 46.8 Å². The fourth-order valence-corrected chi connectivity index (χ4v) is 5.93. The SMILES string of the molecule is CC/C=C\C/C=C\C/C=C\CCCCCCCC(=O)OC[C@H](COP(=O)(O)OCC[N+](C)(C)C)OC(=O)CCCCCCCC(=O)/C=C/C=C\CCCCC. The highest BCUT2D eigenvalue weighted by Crippen LogP contribution is 2.43. The lowest BCUT2D eigenvalue weighted by Crippen LogP contribution is -2.37. The molecule has 11 heteroatoms. The summed E-state index contributed by atoms with van der Waals surface area (Å²) in [5.74, 6) is -0.800. The number of esters is 2. The summed E-state index contributed by atoms with van der Waals surface area (Å²) in [4.78, 5) is 47.4. The number of phosphoric acid groups is 1. The van der Waals surface area contributed by atoms with Crippen LogP contribution in [0.25, 0.3) is 0 Å². The zero-order valence-electron chi connectivity index (χ0n) is 35.1. The first-order valence-corrected chi connectivity index (χ1v) is 22.5. The molecular formula is C44H77NO9P+. The summed E-state index contributed by atoms with van der Waals surface area (Å²) in [6.45, 7) is 4.07. The molecule has 0 radical (unpaired) electrons. The standard InChI is InChI=1S/C44H76NO9P/c1-6-8-10-12-14-15-16-17-18-19-20-21-23-27-31-35-43(47)51-39-42(40-53-55(49,50)52-38-37-45(3,4)5)54-44(48)36-32-28-24-26-30-34-41(46)33-29-25-22-13-11-9-7-2/h8,10,14-15,17-18,22,25,29,33,42H,6-7,9,11-13,16,19-21,23-24,26-28,30-32,34-40H2,1-5H3/p+1/b10-8-,15-14-,18-17-,25-22-,33-29+/t42-/m1/s1. The third kappa shape index (κ3) is 39.4. The molecule has 0 aromatic rings. The van der Waals surface area contributed by atoms with E-state index < -0.39 is 32.5 Å². The predicted molar refractivity (Wildman–Crippen MR) is 224 cm³/mol. The maximum absolute atomic E-state index is 12.7. The average molecular weight is 795 g/mol. The van der Waals surface area contributed by atoms with Gasteiger partial charge in [-0.1, -0.05) is 120 Å². The number of likely N-dealkylation sites (N-methyl/N-ethyl adjacent to an activating group) is 1. The smallest absolute Gasteiger partial charge is 0.462 e. The first-order chi connectivity index (χ1) is 26.4. The summed E-state index contributed by atoms with van der Waals surface area (Å²) in [5, 5.41) is 0. The van der Waals surface area contributed by atoms with Crippen molar-refractivity contribution in [2.75, 3.05) is 47.5 Å². The van der Waals surface area contributed by atoms with Crippen molar-refractivity contribution >= 4 is 25.5 Å². The van der Waals surface area contributed by atoms with Crippen molar-refractivity contribution in [3.63, 3.8) is 0 Å². The molecule has 0 saturated carbocycles. The Morgan fingerprint density at radius 2 is 1.20 bits per heavy atom. The number of carbonyl (C=O) groups is 3. The van der Waals surface area contributed by atoms with Crippen molar-refractivity contribution in [2.45, 2.75) is 155 Å². The van der Waals surface area contributed by atoms with Gasteiger partial charge in [0.2, 0.25) is 0 Å². The molecule has 0 bridgehead atoms. The summed E-state index contributed by atoms with van der Waals surface area (Å²) in [7, 11) is 1.38. The summed E-state index contributed by atoms with van der Waals surface area (Å²) < 4.78 is 34.1. The number of carbonyl (C=O) groups excluding carboxylic acids is 3. The Morgan fingerprint density at radius 1 is 0.636 bits per heavy atom. The van der Waals surface area contributed by atoms with Crippen molar-refractivity contribution in [3.05, 3.63) is 60.8 Å². The molecule has 0 rings (SSSR count). The van der Waals surface area contributed by atoms with Gasteiger partial charge < -0.3 is 18.9 Å². The van der Waals surface area contributed by atoms with Crippen LogP contribution in [0.1, 0.15) is 149 Å². The van der Waals surface area contributed by atoms with E-state index in [0.717, 1.165) is 83.5 Å². The quantitative estimate of drug-likeness (QED) is 0.0124. The number of hydrogen-bond acceptors (Lipinski definition) is 8. The number of quaternary nitrogens is 1.